The summed E-state index contributed by atoms with van der Waals surface area (Å²) in [6.07, 6.45) is 0.425. The highest BCUT2D eigenvalue weighted by Crippen LogP contribution is 2.22. The highest BCUT2D eigenvalue weighted by molar-refractivity contribution is 5.24. The molecule has 0 amide bonds. The van der Waals surface area contributed by atoms with E-state index in [0.717, 1.165) is 17.5 Å². The van der Waals surface area contributed by atoms with Gasteiger partial charge in [-0.15, -0.1) is 0 Å². The lowest BCUT2D eigenvalue weighted by Crippen LogP contribution is -2.31. The van der Waals surface area contributed by atoms with Crippen molar-refractivity contribution >= 4 is 0 Å². The average Bonchev–Trinajstić information content (AvgIpc) is 2.68. The Bertz CT molecular complexity index is 580. The number of halogens is 2. The molecular formula is C13H16F2N4. The third-order valence-electron chi connectivity index (χ3n) is 3.07. The van der Waals surface area contributed by atoms with E-state index < -0.39 is 17.7 Å². The topological polar surface area (TPSA) is 55.9 Å². The van der Waals surface area contributed by atoms with E-state index in [-0.39, 0.29) is 5.56 Å². The van der Waals surface area contributed by atoms with Gasteiger partial charge in [0.1, 0.15) is 0 Å². The quantitative estimate of drug-likeness (QED) is 0.655. The number of nitrogens with two attached hydrogens (primary N) is 1. The lowest BCUT2D eigenvalue weighted by Gasteiger charge is -2.17. The van der Waals surface area contributed by atoms with Gasteiger partial charge in [0.15, 0.2) is 11.6 Å². The van der Waals surface area contributed by atoms with Crippen LogP contribution >= 0.6 is 0 Å². The van der Waals surface area contributed by atoms with Crippen molar-refractivity contribution in [3.63, 3.8) is 0 Å². The third kappa shape index (κ3) is 2.80. The van der Waals surface area contributed by atoms with Crippen molar-refractivity contribution < 1.29 is 8.78 Å². The van der Waals surface area contributed by atoms with E-state index in [1.807, 2.05) is 13.0 Å². The molecule has 1 atom stereocenters. The van der Waals surface area contributed by atoms with Gasteiger partial charge in [0.2, 0.25) is 0 Å². The van der Waals surface area contributed by atoms with Gasteiger partial charge >= 0.3 is 0 Å². The number of hydrogen-bond donors (Lipinski definition) is 2. The summed E-state index contributed by atoms with van der Waals surface area (Å²) in [5, 5.41) is 4.21. The molecule has 2 rings (SSSR count). The number of nitrogens with zero attached hydrogens (tertiary/aromatic N) is 2. The molecule has 0 bridgehead atoms. The lowest BCUT2D eigenvalue weighted by molar-refractivity contribution is 0.459. The molecule has 0 saturated heterocycles. The maximum atomic E-state index is 13.8. The summed E-state index contributed by atoms with van der Waals surface area (Å²) in [5.74, 6) is 3.71. The average molecular weight is 266 g/mol. The first-order chi connectivity index (χ1) is 9.02. The third-order valence-corrected chi connectivity index (χ3v) is 3.07. The fourth-order valence-electron chi connectivity index (χ4n) is 2.11. The Morgan fingerprint density at radius 3 is 2.74 bits per heavy atom. The van der Waals surface area contributed by atoms with Crippen LogP contribution in [0.4, 0.5) is 8.78 Å². The summed E-state index contributed by atoms with van der Waals surface area (Å²) >= 11 is 0. The van der Waals surface area contributed by atoms with Crippen molar-refractivity contribution in [3.8, 4) is 0 Å². The van der Waals surface area contributed by atoms with Crippen LogP contribution in [-0.4, -0.2) is 9.78 Å². The predicted octanol–water partition coefficient (Wildman–Crippen LogP) is 1.75. The Morgan fingerprint density at radius 2 is 2.16 bits per heavy atom. The fourth-order valence-corrected chi connectivity index (χ4v) is 2.11. The first-order valence-electron chi connectivity index (χ1n) is 5.92. The molecule has 1 aromatic carbocycles. The van der Waals surface area contributed by atoms with Crippen molar-refractivity contribution in [1.82, 2.24) is 15.2 Å². The number of benzene rings is 1. The Balaban J connectivity index is 2.30. The van der Waals surface area contributed by atoms with Gasteiger partial charge in [-0.1, -0.05) is 12.1 Å². The van der Waals surface area contributed by atoms with Gasteiger partial charge in [0, 0.05) is 24.7 Å². The molecule has 0 aliphatic heterocycles. The number of rotatable bonds is 4. The largest absolute Gasteiger partial charge is 0.272 e. The zero-order chi connectivity index (χ0) is 14.0. The van der Waals surface area contributed by atoms with E-state index in [2.05, 4.69) is 10.5 Å². The van der Waals surface area contributed by atoms with Crippen molar-refractivity contribution in [2.45, 2.75) is 19.4 Å². The Morgan fingerprint density at radius 1 is 1.42 bits per heavy atom. The number of hydrazine groups is 1. The summed E-state index contributed by atoms with van der Waals surface area (Å²) in [4.78, 5) is 0. The predicted molar refractivity (Wildman–Crippen MR) is 68.1 cm³/mol. The van der Waals surface area contributed by atoms with E-state index in [4.69, 9.17) is 5.84 Å². The molecule has 19 heavy (non-hydrogen) atoms. The highest BCUT2D eigenvalue weighted by atomic mass is 19.2. The first kappa shape index (κ1) is 13.6. The standard InChI is InChI=1S/C13H16F2N4/c1-8-6-9(19(2)18-8)7-12(17-16)10-4-3-5-11(14)13(10)15/h3-6,12,17H,7,16H2,1-2H3. The highest BCUT2D eigenvalue weighted by Gasteiger charge is 2.19. The van der Waals surface area contributed by atoms with Gasteiger partial charge in [-0.05, 0) is 19.1 Å². The zero-order valence-electron chi connectivity index (χ0n) is 10.8. The number of aryl methyl sites for hydroxylation is 2. The molecular weight excluding hydrogens is 250 g/mol. The Kier molecular flexibility index (Phi) is 3.92. The van der Waals surface area contributed by atoms with E-state index in [1.54, 1.807) is 11.7 Å². The van der Waals surface area contributed by atoms with E-state index in [9.17, 15) is 8.78 Å². The molecule has 2 aromatic rings. The van der Waals surface area contributed by atoms with Crippen LogP contribution in [0.3, 0.4) is 0 Å². The molecule has 3 N–H and O–H groups in total. The number of aromatic nitrogens is 2. The second kappa shape index (κ2) is 5.46. The van der Waals surface area contributed by atoms with Crippen molar-refractivity contribution in [2.75, 3.05) is 0 Å². The van der Waals surface area contributed by atoms with Crippen LogP contribution in [0.1, 0.15) is 23.0 Å². The van der Waals surface area contributed by atoms with Gasteiger partial charge in [-0.25, -0.2) is 8.78 Å². The van der Waals surface area contributed by atoms with Crippen LogP contribution in [-0.2, 0) is 13.5 Å². The van der Waals surface area contributed by atoms with E-state index in [0.29, 0.717) is 6.42 Å². The number of nitrogens with one attached hydrogen (secondary N) is 1. The van der Waals surface area contributed by atoms with Crippen LogP contribution in [0.15, 0.2) is 24.3 Å². The Labute approximate surface area is 110 Å². The second-order valence-electron chi connectivity index (χ2n) is 4.47. The molecule has 0 spiro atoms. The second-order valence-corrected chi connectivity index (χ2v) is 4.47. The normalized spacial score (nSPS) is 12.7. The molecule has 6 heteroatoms. The van der Waals surface area contributed by atoms with Crippen LogP contribution in [0.5, 0.6) is 0 Å². The van der Waals surface area contributed by atoms with E-state index in [1.165, 1.54) is 12.1 Å². The molecule has 0 aliphatic carbocycles. The maximum absolute atomic E-state index is 13.8. The van der Waals surface area contributed by atoms with Crippen LogP contribution < -0.4 is 11.3 Å². The smallest absolute Gasteiger partial charge is 0.163 e. The van der Waals surface area contributed by atoms with Crippen molar-refractivity contribution in [3.05, 3.63) is 52.9 Å². The Hall–Kier alpha value is -1.79. The molecule has 0 aliphatic rings. The van der Waals surface area contributed by atoms with Gasteiger partial charge in [0.25, 0.3) is 0 Å². The summed E-state index contributed by atoms with van der Waals surface area (Å²) in [5.41, 5.74) is 4.49. The molecule has 0 fully saturated rings. The van der Waals surface area contributed by atoms with Crippen molar-refractivity contribution in [1.29, 1.82) is 0 Å². The summed E-state index contributed by atoms with van der Waals surface area (Å²) in [7, 11) is 1.80. The zero-order valence-corrected chi connectivity index (χ0v) is 10.8. The number of hydrogen-bond acceptors (Lipinski definition) is 3. The summed E-state index contributed by atoms with van der Waals surface area (Å²) in [6, 6.07) is 5.45. The molecule has 0 saturated carbocycles. The van der Waals surface area contributed by atoms with Crippen LogP contribution in [0, 0.1) is 18.6 Å². The minimum atomic E-state index is -0.876. The molecule has 0 radical (unpaired) electrons. The van der Waals surface area contributed by atoms with Crippen LogP contribution in [0.2, 0.25) is 0 Å². The van der Waals surface area contributed by atoms with E-state index >= 15 is 0 Å². The lowest BCUT2D eigenvalue weighted by atomic mass is 10.0. The van der Waals surface area contributed by atoms with Crippen LogP contribution in [0.25, 0.3) is 0 Å². The molecule has 4 nitrogen and oxygen atoms in total. The van der Waals surface area contributed by atoms with Gasteiger partial charge in [-0.2, -0.15) is 5.10 Å². The fraction of sp³-hybridized carbons (Fsp3) is 0.308. The minimum absolute atomic E-state index is 0.210. The van der Waals surface area contributed by atoms with Gasteiger partial charge in [-0.3, -0.25) is 16.0 Å². The molecule has 1 aromatic heterocycles. The first-order valence-corrected chi connectivity index (χ1v) is 5.92. The van der Waals surface area contributed by atoms with Crippen molar-refractivity contribution in [2.24, 2.45) is 12.9 Å². The maximum Gasteiger partial charge on any atom is 0.163 e. The molecule has 1 unspecified atom stereocenters. The molecule has 1 heterocycles. The van der Waals surface area contributed by atoms with Gasteiger partial charge in [0.05, 0.1) is 11.7 Å². The summed E-state index contributed by atoms with van der Waals surface area (Å²) in [6.45, 7) is 1.87. The molecule has 102 valence electrons. The summed E-state index contributed by atoms with van der Waals surface area (Å²) < 4.78 is 28.7. The minimum Gasteiger partial charge on any atom is -0.272 e. The monoisotopic (exact) mass is 266 g/mol. The van der Waals surface area contributed by atoms with Gasteiger partial charge < -0.3 is 0 Å². The SMILES string of the molecule is Cc1cc(CC(NN)c2cccc(F)c2F)n(C)n1.